The first-order valence-electron chi connectivity index (χ1n) is 6.49. The molecular formula is C14H16F6NiO2S2. The predicted octanol–water partition coefficient (Wildman–Crippen LogP) is 4.41. The summed E-state index contributed by atoms with van der Waals surface area (Å²) in [5.74, 6) is -4.21. The van der Waals surface area contributed by atoms with Crippen LogP contribution in [-0.4, -0.2) is 23.9 Å². The standard InChI is InChI=1S/2C7H9F3OS.Ni/c2*1-4(2)5(12)3-6(11)7(8,9)10;/h2*3-4,12H,1-2H3;/q;;+2/p-2/b2*5-3-;. The second-order valence-corrected chi connectivity index (χ2v) is 6.07. The molecule has 0 aromatic rings. The number of carbonyl (C=O) groups is 2. The Bertz CT molecular complexity index is 462. The van der Waals surface area contributed by atoms with Gasteiger partial charge < -0.3 is 25.3 Å². The number of hydrogen-bond acceptors (Lipinski definition) is 4. The molecule has 0 saturated carbocycles. The van der Waals surface area contributed by atoms with E-state index >= 15 is 0 Å². The van der Waals surface area contributed by atoms with Crippen molar-refractivity contribution in [3.05, 3.63) is 22.0 Å². The van der Waals surface area contributed by atoms with Crippen LogP contribution >= 0.6 is 0 Å². The van der Waals surface area contributed by atoms with Crippen LogP contribution in [0.4, 0.5) is 26.3 Å². The molecule has 0 atom stereocenters. The zero-order chi connectivity index (χ0) is 19.9. The van der Waals surface area contributed by atoms with E-state index in [-0.39, 0.29) is 38.1 Å². The molecule has 0 aromatic carbocycles. The molecule has 0 aliphatic heterocycles. The van der Waals surface area contributed by atoms with Crippen molar-refractivity contribution in [1.29, 1.82) is 0 Å². The molecule has 0 bridgehead atoms. The number of carbonyl (C=O) groups excluding carboxylic acids is 2. The minimum atomic E-state index is -4.81. The molecule has 148 valence electrons. The molecule has 0 aliphatic rings. The second kappa shape index (κ2) is 11.9. The van der Waals surface area contributed by atoms with Gasteiger partial charge >= 0.3 is 28.8 Å². The number of ketones is 2. The van der Waals surface area contributed by atoms with Crippen LogP contribution in [0.5, 0.6) is 0 Å². The van der Waals surface area contributed by atoms with Gasteiger partial charge in [0.05, 0.1) is 0 Å². The van der Waals surface area contributed by atoms with E-state index in [4.69, 9.17) is 0 Å². The van der Waals surface area contributed by atoms with E-state index in [2.05, 4.69) is 25.3 Å². The smallest absolute Gasteiger partial charge is 0.784 e. The van der Waals surface area contributed by atoms with Gasteiger partial charge in [-0.1, -0.05) is 27.7 Å². The third-order valence-electron chi connectivity index (χ3n) is 2.24. The molecule has 0 heterocycles. The van der Waals surface area contributed by atoms with Gasteiger partial charge in [0.15, 0.2) is 0 Å². The van der Waals surface area contributed by atoms with Gasteiger partial charge in [-0.3, -0.25) is 9.59 Å². The normalized spacial score (nSPS) is 13.1. The van der Waals surface area contributed by atoms with E-state index in [1.165, 1.54) is 0 Å². The zero-order valence-electron chi connectivity index (χ0n) is 13.5. The molecule has 0 unspecified atom stereocenters. The van der Waals surface area contributed by atoms with Gasteiger partial charge in [0.2, 0.25) is 0 Å². The first-order valence-corrected chi connectivity index (χ1v) is 7.31. The molecule has 0 fully saturated rings. The third-order valence-corrected chi connectivity index (χ3v) is 3.42. The first-order chi connectivity index (χ1) is 10.5. The van der Waals surface area contributed by atoms with Gasteiger partial charge in [0, 0.05) is 0 Å². The van der Waals surface area contributed by atoms with Crippen LogP contribution in [0.3, 0.4) is 0 Å². The van der Waals surface area contributed by atoms with Gasteiger partial charge in [0.1, 0.15) is 0 Å². The van der Waals surface area contributed by atoms with Crippen molar-refractivity contribution < 1.29 is 52.4 Å². The number of alkyl halides is 6. The maximum atomic E-state index is 11.6. The van der Waals surface area contributed by atoms with Gasteiger partial charge in [-0.25, -0.2) is 0 Å². The van der Waals surface area contributed by atoms with Gasteiger partial charge in [0.25, 0.3) is 11.6 Å². The van der Waals surface area contributed by atoms with E-state index in [0.29, 0.717) is 12.2 Å². The van der Waals surface area contributed by atoms with Gasteiger partial charge in [-0.05, 0) is 24.0 Å². The Morgan fingerprint density at radius 1 is 0.720 bits per heavy atom. The monoisotopic (exact) mass is 452 g/mol. The summed E-state index contributed by atoms with van der Waals surface area (Å²) >= 11 is 9.09. The van der Waals surface area contributed by atoms with Crippen molar-refractivity contribution in [1.82, 2.24) is 0 Å². The summed E-state index contributed by atoms with van der Waals surface area (Å²) < 4.78 is 69.8. The molecule has 0 aromatic heterocycles. The summed E-state index contributed by atoms with van der Waals surface area (Å²) in [6, 6.07) is 0. The molecule has 0 saturated heterocycles. The fraction of sp³-hybridized carbons (Fsp3) is 0.571. The predicted molar refractivity (Wildman–Crippen MR) is 82.7 cm³/mol. The molecule has 0 aliphatic carbocycles. The van der Waals surface area contributed by atoms with E-state index in [1.807, 2.05) is 0 Å². The Hall–Kier alpha value is -0.666. The third kappa shape index (κ3) is 14.2. The van der Waals surface area contributed by atoms with E-state index < -0.39 is 23.9 Å². The van der Waals surface area contributed by atoms with Crippen molar-refractivity contribution in [2.75, 3.05) is 0 Å². The van der Waals surface area contributed by atoms with Crippen molar-refractivity contribution >= 4 is 36.8 Å². The summed E-state index contributed by atoms with van der Waals surface area (Å²) in [5.41, 5.74) is 0. The van der Waals surface area contributed by atoms with Crippen LogP contribution < -0.4 is 0 Å². The molecule has 0 N–H and O–H groups in total. The Labute approximate surface area is 163 Å². The number of hydrogen-bond donors (Lipinski definition) is 0. The Balaban J connectivity index is -0.000000372. The zero-order valence-corrected chi connectivity index (χ0v) is 16.1. The van der Waals surface area contributed by atoms with Gasteiger partial charge in [-0.15, -0.1) is 0 Å². The van der Waals surface area contributed by atoms with Crippen LogP contribution in [0, 0.1) is 11.8 Å². The molecule has 25 heavy (non-hydrogen) atoms. The summed E-state index contributed by atoms with van der Waals surface area (Å²) in [4.78, 5) is 20.7. The molecule has 0 spiro atoms. The molecular weight excluding hydrogens is 437 g/mol. The molecule has 0 rings (SSSR count). The first kappa shape index (κ1) is 29.1. The van der Waals surface area contributed by atoms with Crippen LogP contribution in [0.1, 0.15) is 27.7 Å². The summed E-state index contributed by atoms with van der Waals surface area (Å²) in [7, 11) is 0. The molecule has 11 heteroatoms. The Morgan fingerprint density at radius 3 is 1.04 bits per heavy atom. The van der Waals surface area contributed by atoms with Crippen LogP contribution in [0.15, 0.2) is 22.0 Å². The maximum Gasteiger partial charge on any atom is 2.00 e. The second-order valence-electron chi connectivity index (χ2n) is 5.13. The van der Waals surface area contributed by atoms with Crippen LogP contribution in [0.25, 0.3) is 0 Å². The summed E-state index contributed by atoms with van der Waals surface area (Å²) in [5, 5.41) is 0. The topological polar surface area (TPSA) is 34.1 Å². The maximum absolute atomic E-state index is 11.6. The quantitative estimate of drug-likeness (QED) is 0.274. The minimum Gasteiger partial charge on any atom is -0.784 e. The number of rotatable bonds is 4. The molecule has 2 nitrogen and oxygen atoms in total. The average molecular weight is 453 g/mol. The fourth-order valence-corrected chi connectivity index (χ4v) is 0.969. The van der Waals surface area contributed by atoms with E-state index in [0.717, 1.165) is 0 Å². The Kier molecular flexibility index (Phi) is 13.8. The van der Waals surface area contributed by atoms with E-state index in [1.54, 1.807) is 27.7 Å². The fourth-order valence-electron chi connectivity index (χ4n) is 0.755. The minimum absolute atomic E-state index is 0. The SMILES string of the molecule is CC(C)/C([S-])=C/C(=O)C(F)(F)F.CC(C)/C([S-])=C/C(=O)C(F)(F)F.[Ni+2]. The Morgan fingerprint density at radius 2 is 0.920 bits per heavy atom. The van der Waals surface area contributed by atoms with E-state index in [9.17, 15) is 35.9 Å². The van der Waals surface area contributed by atoms with Crippen LogP contribution in [-0.2, 0) is 51.3 Å². The van der Waals surface area contributed by atoms with Crippen LogP contribution in [0.2, 0.25) is 0 Å². The van der Waals surface area contributed by atoms with Crippen molar-refractivity contribution in [2.24, 2.45) is 11.8 Å². The summed E-state index contributed by atoms with van der Waals surface area (Å²) in [6.07, 6.45) is -8.70. The van der Waals surface area contributed by atoms with Crippen molar-refractivity contribution in [2.45, 2.75) is 40.0 Å². The summed E-state index contributed by atoms with van der Waals surface area (Å²) in [6.45, 7) is 6.51. The number of halogens is 6. The molecule has 0 radical (unpaired) electrons. The largest absolute Gasteiger partial charge is 2.00 e. The molecule has 0 amide bonds. The average Bonchev–Trinajstić information content (AvgIpc) is 2.36. The number of allylic oxidation sites excluding steroid dienone is 4. The van der Waals surface area contributed by atoms with Crippen molar-refractivity contribution in [3.63, 3.8) is 0 Å². The van der Waals surface area contributed by atoms with Gasteiger partial charge in [-0.2, -0.15) is 36.2 Å². The van der Waals surface area contributed by atoms with Crippen molar-refractivity contribution in [3.8, 4) is 0 Å².